The first-order valence-corrected chi connectivity index (χ1v) is 8.12. The lowest BCUT2D eigenvalue weighted by molar-refractivity contribution is -0.123. The highest BCUT2D eigenvalue weighted by Crippen LogP contribution is 2.24. The molecule has 3 rings (SSSR count). The molecule has 0 spiro atoms. The number of halogens is 3. The Bertz CT molecular complexity index is 959. The van der Waals surface area contributed by atoms with Crippen molar-refractivity contribution in [2.45, 2.75) is 19.4 Å². The van der Waals surface area contributed by atoms with E-state index in [4.69, 9.17) is 9.26 Å². The van der Waals surface area contributed by atoms with E-state index in [0.29, 0.717) is 0 Å². The number of ether oxygens (including phenoxy) is 1. The highest BCUT2D eigenvalue weighted by Gasteiger charge is 2.21. The van der Waals surface area contributed by atoms with Crippen LogP contribution in [0.4, 0.5) is 19.1 Å². The molecule has 1 aromatic heterocycles. The van der Waals surface area contributed by atoms with E-state index in [1.54, 1.807) is 13.0 Å². The molecular formula is C19H15F3N2O3. The minimum absolute atomic E-state index is 0.00434. The van der Waals surface area contributed by atoms with Crippen LogP contribution in [0, 0.1) is 17.5 Å². The molecule has 8 heteroatoms. The number of nitrogens with zero attached hydrogens (tertiary/aromatic N) is 1. The quantitative estimate of drug-likeness (QED) is 0.685. The Morgan fingerprint density at radius 2 is 1.89 bits per heavy atom. The van der Waals surface area contributed by atoms with Gasteiger partial charge in [-0.3, -0.25) is 10.1 Å². The van der Waals surface area contributed by atoms with Crippen molar-refractivity contribution in [3.63, 3.8) is 0 Å². The number of nitrogens with one attached hydrogen (secondary N) is 1. The maximum Gasteiger partial charge on any atom is 0.267 e. The fraction of sp³-hybridized carbons (Fsp3) is 0.158. The van der Waals surface area contributed by atoms with Crippen molar-refractivity contribution in [1.82, 2.24) is 5.16 Å². The van der Waals surface area contributed by atoms with E-state index < -0.39 is 29.5 Å². The molecule has 1 heterocycles. The molecule has 0 aliphatic rings. The third kappa shape index (κ3) is 4.28. The van der Waals surface area contributed by atoms with Gasteiger partial charge in [0.2, 0.25) is 5.88 Å². The number of anilines is 1. The number of carbonyl (C=O) groups excluding carboxylic acids is 1. The molecule has 0 bridgehead atoms. The fourth-order valence-corrected chi connectivity index (χ4v) is 2.34. The summed E-state index contributed by atoms with van der Waals surface area (Å²) in [5.74, 6) is -3.19. The predicted molar refractivity (Wildman–Crippen MR) is 91.6 cm³/mol. The first-order valence-electron chi connectivity index (χ1n) is 8.12. The number of aromatic nitrogens is 1. The van der Waals surface area contributed by atoms with Crippen LogP contribution in [0.5, 0.6) is 5.75 Å². The van der Waals surface area contributed by atoms with Gasteiger partial charge in [0.25, 0.3) is 5.91 Å². The largest absolute Gasteiger partial charge is 0.478 e. The van der Waals surface area contributed by atoms with Gasteiger partial charge in [-0.1, -0.05) is 24.2 Å². The molecule has 140 valence electrons. The first kappa shape index (κ1) is 18.5. The normalized spacial score (nSPS) is 11.9. The van der Waals surface area contributed by atoms with Gasteiger partial charge in [-0.2, -0.15) is 0 Å². The number of amides is 1. The van der Waals surface area contributed by atoms with E-state index in [-0.39, 0.29) is 29.3 Å². The molecule has 0 saturated carbocycles. The second-order valence-corrected chi connectivity index (χ2v) is 5.64. The molecule has 0 fully saturated rings. The summed E-state index contributed by atoms with van der Waals surface area (Å²) in [4.78, 5) is 12.3. The molecule has 3 aromatic rings. The van der Waals surface area contributed by atoms with Crippen LogP contribution in [0.25, 0.3) is 11.3 Å². The molecule has 0 radical (unpaired) electrons. The summed E-state index contributed by atoms with van der Waals surface area (Å²) in [6.07, 6.45) is -0.677. The van der Waals surface area contributed by atoms with E-state index in [0.717, 1.165) is 12.1 Å². The molecular weight excluding hydrogens is 361 g/mol. The van der Waals surface area contributed by atoms with Gasteiger partial charge in [-0.15, -0.1) is 0 Å². The number of hydrogen-bond donors (Lipinski definition) is 1. The smallest absolute Gasteiger partial charge is 0.267 e. The van der Waals surface area contributed by atoms with E-state index in [1.165, 1.54) is 30.3 Å². The summed E-state index contributed by atoms with van der Waals surface area (Å²) in [5.41, 5.74) is 0.500. The maximum absolute atomic E-state index is 13.7. The zero-order valence-electron chi connectivity index (χ0n) is 14.2. The average Bonchev–Trinajstić information content (AvgIpc) is 3.11. The summed E-state index contributed by atoms with van der Waals surface area (Å²) < 4.78 is 50.4. The van der Waals surface area contributed by atoms with E-state index in [9.17, 15) is 18.0 Å². The molecule has 5 nitrogen and oxygen atoms in total. The molecule has 2 aromatic carbocycles. The van der Waals surface area contributed by atoms with Crippen molar-refractivity contribution >= 4 is 11.8 Å². The number of hydrogen-bond acceptors (Lipinski definition) is 4. The molecule has 1 N–H and O–H groups in total. The van der Waals surface area contributed by atoms with Crippen molar-refractivity contribution in [3.05, 3.63) is 66.0 Å². The number of rotatable bonds is 6. The topological polar surface area (TPSA) is 64.4 Å². The molecule has 0 unspecified atom stereocenters. The van der Waals surface area contributed by atoms with E-state index in [2.05, 4.69) is 10.5 Å². The van der Waals surface area contributed by atoms with Gasteiger partial charge in [0.05, 0.1) is 0 Å². The van der Waals surface area contributed by atoms with Crippen LogP contribution < -0.4 is 10.1 Å². The summed E-state index contributed by atoms with van der Waals surface area (Å²) in [6.45, 7) is 1.71. The van der Waals surface area contributed by atoms with Gasteiger partial charge < -0.3 is 9.26 Å². The molecule has 0 aliphatic carbocycles. The van der Waals surface area contributed by atoms with Crippen molar-refractivity contribution in [3.8, 4) is 17.0 Å². The van der Waals surface area contributed by atoms with Crippen LogP contribution in [-0.4, -0.2) is 17.2 Å². The third-order valence-electron chi connectivity index (χ3n) is 3.74. The Labute approximate surface area is 152 Å². The van der Waals surface area contributed by atoms with E-state index >= 15 is 0 Å². The van der Waals surface area contributed by atoms with Gasteiger partial charge >= 0.3 is 0 Å². The molecule has 1 amide bonds. The van der Waals surface area contributed by atoms with Crippen molar-refractivity contribution in [2.75, 3.05) is 5.32 Å². The van der Waals surface area contributed by atoms with Gasteiger partial charge in [0, 0.05) is 11.6 Å². The van der Waals surface area contributed by atoms with Gasteiger partial charge in [0.15, 0.2) is 29.3 Å². The van der Waals surface area contributed by atoms with Gasteiger partial charge in [-0.25, -0.2) is 13.2 Å². The van der Waals surface area contributed by atoms with Crippen LogP contribution in [-0.2, 0) is 4.79 Å². The van der Waals surface area contributed by atoms with Crippen molar-refractivity contribution in [2.24, 2.45) is 0 Å². The Hall–Kier alpha value is -3.29. The predicted octanol–water partition coefficient (Wildman–Crippen LogP) is 4.56. The second-order valence-electron chi connectivity index (χ2n) is 5.64. The SMILES string of the molecule is CC[C@@H](Oc1ccccc1F)C(=O)Nc1cc(-c2ccc(F)c(F)c2)no1. The lowest BCUT2D eigenvalue weighted by Crippen LogP contribution is -2.32. The number of benzene rings is 2. The summed E-state index contributed by atoms with van der Waals surface area (Å²) >= 11 is 0. The third-order valence-corrected chi connectivity index (χ3v) is 3.74. The number of para-hydroxylation sites is 1. The van der Waals surface area contributed by atoms with Gasteiger partial charge in [-0.05, 0) is 36.8 Å². The average molecular weight is 376 g/mol. The molecule has 27 heavy (non-hydrogen) atoms. The van der Waals surface area contributed by atoms with Crippen molar-refractivity contribution < 1.29 is 27.2 Å². The number of carbonyl (C=O) groups is 1. The van der Waals surface area contributed by atoms with Crippen molar-refractivity contribution in [1.29, 1.82) is 0 Å². The van der Waals surface area contributed by atoms with Gasteiger partial charge in [0.1, 0.15) is 5.69 Å². The zero-order chi connectivity index (χ0) is 19.4. The Morgan fingerprint density at radius 3 is 2.59 bits per heavy atom. The standard InChI is InChI=1S/C19H15F3N2O3/c1-2-16(26-17-6-4-3-5-13(17)21)19(25)23-18-10-15(24-27-18)11-7-8-12(20)14(22)9-11/h3-10,16H,2H2,1H3,(H,23,25)/t16-/m1/s1. The highest BCUT2D eigenvalue weighted by molar-refractivity contribution is 5.93. The zero-order valence-corrected chi connectivity index (χ0v) is 14.2. The molecule has 0 aliphatic heterocycles. The lowest BCUT2D eigenvalue weighted by atomic mass is 10.1. The van der Waals surface area contributed by atoms with Crippen LogP contribution in [0.15, 0.2) is 53.1 Å². The maximum atomic E-state index is 13.7. The lowest BCUT2D eigenvalue weighted by Gasteiger charge is -2.16. The minimum Gasteiger partial charge on any atom is -0.478 e. The van der Waals surface area contributed by atoms with Crippen LogP contribution in [0.2, 0.25) is 0 Å². The summed E-state index contributed by atoms with van der Waals surface area (Å²) in [6, 6.07) is 10.4. The fourth-order valence-electron chi connectivity index (χ4n) is 2.34. The summed E-state index contributed by atoms with van der Waals surface area (Å²) in [5, 5.41) is 6.18. The first-order chi connectivity index (χ1) is 13.0. The molecule has 1 atom stereocenters. The Morgan fingerprint density at radius 1 is 1.11 bits per heavy atom. The van der Waals surface area contributed by atoms with E-state index in [1.807, 2.05) is 0 Å². The van der Waals surface area contributed by atoms with Crippen LogP contribution >= 0.6 is 0 Å². The minimum atomic E-state index is -1.02. The Kier molecular flexibility index (Phi) is 5.44. The monoisotopic (exact) mass is 376 g/mol. The second kappa shape index (κ2) is 7.94. The van der Waals surface area contributed by atoms with Crippen LogP contribution in [0.1, 0.15) is 13.3 Å². The molecule has 0 saturated heterocycles. The Balaban J connectivity index is 1.70. The summed E-state index contributed by atoms with van der Waals surface area (Å²) in [7, 11) is 0. The van der Waals surface area contributed by atoms with Crippen LogP contribution in [0.3, 0.4) is 0 Å². The highest BCUT2D eigenvalue weighted by atomic mass is 19.2.